The van der Waals surface area contributed by atoms with E-state index in [1.807, 2.05) is 6.92 Å². The van der Waals surface area contributed by atoms with Crippen LogP contribution in [0.15, 0.2) is 6.33 Å². The van der Waals surface area contributed by atoms with Gasteiger partial charge in [-0.2, -0.15) is 5.10 Å². The Labute approximate surface area is 145 Å². The molecule has 1 saturated carbocycles. The van der Waals surface area contributed by atoms with Crippen LogP contribution in [0.4, 0.5) is 0 Å². The Bertz CT molecular complexity index is 670. The normalized spacial score (nSPS) is 20.9. The third-order valence-electron chi connectivity index (χ3n) is 4.37. The summed E-state index contributed by atoms with van der Waals surface area (Å²) in [6, 6.07) is 0. The summed E-state index contributed by atoms with van der Waals surface area (Å²) in [5.41, 5.74) is 0.700. The maximum Gasteiger partial charge on any atom is 0.263 e. The largest absolute Gasteiger partial charge is 0.376 e. The Morgan fingerprint density at radius 1 is 1.46 bits per heavy atom. The smallest absolute Gasteiger partial charge is 0.263 e. The van der Waals surface area contributed by atoms with Gasteiger partial charge >= 0.3 is 0 Å². The highest BCUT2D eigenvalue weighted by molar-refractivity contribution is 7.17. The van der Waals surface area contributed by atoms with Crippen LogP contribution >= 0.6 is 11.3 Å². The molecular formula is C16H23N5O2S. The van der Waals surface area contributed by atoms with Crippen LogP contribution in [0.25, 0.3) is 10.8 Å². The molecule has 3 rings (SSSR count). The number of rotatable bonds is 6. The lowest BCUT2D eigenvalue weighted by atomic mass is 9.88. The monoisotopic (exact) mass is 349 g/mol. The fourth-order valence-corrected chi connectivity index (χ4v) is 3.93. The Balaban J connectivity index is 1.48. The summed E-state index contributed by atoms with van der Waals surface area (Å²) < 4.78 is 5.93. The Kier molecular flexibility index (Phi) is 5.57. The second kappa shape index (κ2) is 7.85. The van der Waals surface area contributed by atoms with Crippen molar-refractivity contribution in [1.82, 2.24) is 25.5 Å². The number of nitrogens with one attached hydrogen (secondary N) is 2. The average molecular weight is 349 g/mol. The molecule has 8 heteroatoms. The molecule has 2 heterocycles. The SMILES string of the molecule is Cc1nc(-c2ncn[nH]2)sc1C(=O)NCCO[C@H]1CCCC[C@H]1C. The summed E-state index contributed by atoms with van der Waals surface area (Å²) >= 11 is 1.31. The first-order chi connectivity index (χ1) is 11.6. The molecule has 0 aliphatic heterocycles. The molecule has 2 atom stereocenters. The first kappa shape index (κ1) is 17.0. The van der Waals surface area contributed by atoms with Crippen molar-refractivity contribution in [3.8, 4) is 10.8 Å². The molecule has 2 aromatic heterocycles. The van der Waals surface area contributed by atoms with Gasteiger partial charge in [0.25, 0.3) is 5.91 Å². The molecule has 1 fully saturated rings. The molecule has 24 heavy (non-hydrogen) atoms. The van der Waals surface area contributed by atoms with Gasteiger partial charge in [0.15, 0.2) is 10.8 Å². The minimum absolute atomic E-state index is 0.115. The Morgan fingerprint density at radius 2 is 2.29 bits per heavy atom. The van der Waals surface area contributed by atoms with E-state index in [0.29, 0.717) is 46.6 Å². The van der Waals surface area contributed by atoms with Gasteiger partial charge in [-0.1, -0.05) is 19.8 Å². The van der Waals surface area contributed by atoms with E-state index < -0.39 is 0 Å². The summed E-state index contributed by atoms with van der Waals surface area (Å²) in [5, 5.41) is 10.1. The maximum atomic E-state index is 12.3. The van der Waals surface area contributed by atoms with Crippen LogP contribution in [0.2, 0.25) is 0 Å². The summed E-state index contributed by atoms with van der Waals surface area (Å²) in [4.78, 5) is 21.4. The number of carbonyl (C=O) groups is 1. The van der Waals surface area contributed by atoms with E-state index in [9.17, 15) is 4.79 Å². The van der Waals surface area contributed by atoms with Crippen LogP contribution in [-0.4, -0.2) is 45.3 Å². The third-order valence-corrected chi connectivity index (χ3v) is 5.54. The molecule has 0 bridgehead atoms. The number of H-pyrrole nitrogens is 1. The molecule has 0 saturated heterocycles. The number of hydrogen-bond acceptors (Lipinski definition) is 6. The lowest BCUT2D eigenvalue weighted by Gasteiger charge is -2.28. The fraction of sp³-hybridized carbons (Fsp3) is 0.625. The van der Waals surface area contributed by atoms with Crippen LogP contribution in [-0.2, 0) is 4.74 Å². The van der Waals surface area contributed by atoms with Crippen molar-refractivity contribution in [3.63, 3.8) is 0 Å². The minimum atomic E-state index is -0.115. The first-order valence-electron chi connectivity index (χ1n) is 8.38. The van der Waals surface area contributed by atoms with Crippen molar-refractivity contribution in [1.29, 1.82) is 0 Å². The zero-order valence-electron chi connectivity index (χ0n) is 14.0. The standard InChI is InChI=1S/C16H23N5O2S/c1-10-5-3-4-6-12(10)23-8-7-17-15(22)13-11(2)20-16(24-13)14-18-9-19-21-14/h9-10,12H,3-8H2,1-2H3,(H,17,22)(H,18,19,21)/t10-,12+/m1/s1. The molecule has 2 aromatic rings. The molecule has 2 N–H and O–H groups in total. The van der Waals surface area contributed by atoms with E-state index in [-0.39, 0.29) is 5.91 Å². The van der Waals surface area contributed by atoms with E-state index in [1.165, 1.54) is 36.9 Å². The highest BCUT2D eigenvalue weighted by Gasteiger charge is 2.22. The Morgan fingerprint density at radius 3 is 3.04 bits per heavy atom. The lowest BCUT2D eigenvalue weighted by molar-refractivity contribution is -0.00293. The second-order valence-corrected chi connectivity index (χ2v) is 7.19. The van der Waals surface area contributed by atoms with Gasteiger partial charge in [-0.3, -0.25) is 9.89 Å². The van der Waals surface area contributed by atoms with Crippen molar-refractivity contribution >= 4 is 17.2 Å². The van der Waals surface area contributed by atoms with Crippen LogP contribution in [0.3, 0.4) is 0 Å². The number of hydrogen-bond donors (Lipinski definition) is 2. The third kappa shape index (κ3) is 3.99. The summed E-state index contributed by atoms with van der Waals surface area (Å²) in [6.07, 6.45) is 6.67. The van der Waals surface area contributed by atoms with Gasteiger partial charge in [0, 0.05) is 6.54 Å². The molecule has 0 spiro atoms. The predicted octanol–water partition coefficient (Wildman–Crippen LogP) is 2.56. The highest BCUT2D eigenvalue weighted by atomic mass is 32.1. The van der Waals surface area contributed by atoms with E-state index in [1.54, 1.807) is 0 Å². The average Bonchev–Trinajstić information content (AvgIpc) is 3.22. The lowest BCUT2D eigenvalue weighted by Crippen LogP contribution is -2.31. The summed E-state index contributed by atoms with van der Waals surface area (Å²) in [7, 11) is 0. The molecule has 0 aromatic carbocycles. The van der Waals surface area contributed by atoms with Gasteiger partial charge in [-0.25, -0.2) is 9.97 Å². The first-order valence-corrected chi connectivity index (χ1v) is 9.19. The number of aryl methyl sites for hydroxylation is 1. The van der Waals surface area contributed by atoms with Gasteiger partial charge in [-0.05, 0) is 25.7 Å². The van der Waals surface area contributed by atoms with E-state index in [0.717, 1.165) is 6.42 Å². The molecule has 0 radical (unpaired) electrons. The van der Waals surface area contributed by atoms with Crippen LogP contribution in [0, 0.1) is 12.8 Å². The number of nitrogens with zero attached hydrogens (tertiary/aromatic N) is 3. The number of carbonyl (C=O) groups excluding carboxylic acids is 1. The van der Waals surface area contributed by atoms with Crippen LogP contribution < -0.4 is 5.32 Å². The number of ether oxygens (including phenoxy) is 1. The van der Waals surface area contributed by atoms with Gasteiger partial charge in [0.05, 0.1) is 18.4 Å². The molecule has 1 aliphatic rings. The van der Waals surface area contributed by atoms with Crippen molar-refractivity contribution in [2.24, 2.45) is 5.92 Å². The fourth-order valence-electron chi connectivity index (χ4n) is 3.00. The number of thiazole rings is 1. The quantitative estimate of drug-likeness (QED) is 0.782. The zero-order valence-corrected chi connectivity index (χ0v) is 14.9. The molecular weight excluding hydrogens is 326 g/mol. The van der Waals surface area contributed by atoms with Gasteiger partial charge < -0.3 is 10.1 Å². The van der Waals surface area contributed by atoms with E-state index in [4.69, 9.17) is 4.74 Å². The van der Waals surface area contributed by atoms with Crippen molar-refractivity contribution in [3.05, 3.63) is 16.9 Å². The molecule has 1 amide bonds. The number of aromatic nitrogens is 4. The van der Waals surface area contributed by atoms with Crippen molar-refractivity contribution < 1.29 is 9.53 Å². The topological polar surface area (TPSA) is 92.8 Å². The molecule has 1 aliphatic carbocycles. The Hall–Kier alpha value is -1.80. The second-order valence-electron chi connectivity index (χ2n) is 6.19. The minimum Gasteiger partial charge on any atom is -0.376 e. The van der Waals surface area contributed by atoms with Crippen molar-refractivity contribution in [2.75, 3.05) is 13.2 Å². The number of amides is 1. The van der Waals surface area contributed by atoms with Gasteiger partial charge in [0.2, 0.25) is 0 Å². The van der Waals surface area contributed by atoms with Crippen LogP contribution in [0.1, 0.15) is 48.0 Å². The molecule has 0 unspecified atom stereocenters. The summed E-state index contributed by atoms with van der Waals surface area (Å²) in [6.45, 7) is 5.13. The van der Waals surface area contributed by atoms with Crippen molar-refractivity contribution in [2.45, 2.75) is 45.6 Å². The maximum absolute atomic E-state index is 12.3. The zero-order chi connectivity index (χ0) is 16.9. The van der Waals surface area contributed by atoms with Gasteiger partial charge in [0.1, 0.15) is 11.2 Å². The summed E-state index contributed by atoms with van der Waals surface area (Å²) in [5.74, 6) is 1.08. The van der Waals surface area contributed by atoms with Crippen LogP contribution in [0.5, 0.6) is 0 Å². The van der Waals surface area contributed by atoms with E-state index in [2.05, 4.69) is 32.4 Å². The number of aromatic amines is 1. The molecule has 7 nitrogen and oxygen atoms in total. The predicted molar refractivity (Wildman–Crippen MR) is 91.9 cm³/mol. The van der Waals surface area contributed by atoms with Gasteiger partial charge in [-0.15, -0.1) is 11.3 Å². The van der Waals surface area contributed by atoms with E-state index >= 15 is 0 Å². The molecule has 130 valence electrons. The highest BCUT2D eigenvalue weighted by Crippen LogP contribution is 2.26.